The van der Waals surface area contributed by atoms with Crippen molar-refractivity contribution in [3.63, 3.8) is 0 Å². The maximum Gasteiger partial charge on any atom is 0.237 e. The third-order valence-electron chi connectivity index (χ3n) is 4.04. The molecule has 2 rings (SSSR count). The molecule has 4 heteroatoms. The molecule has 0 heterocycles. The number of hydrogen-bond donors (Lipinski definition) is 2. The smallest absolute Gasteiger partial charge is 0.237 e. The summed E-state index contributed by atoms with van der Waals surface area (Å²) < 4.78 is 0. The predicted molar refractivity (Wildman–Crippen MR) is 100 cm³/mol. The average molecular weight is 325 g/mol. The zero-order valence-corrected chi connectivity index (χ0v) is 14.3. The minimum absolute atomic E-state index is 0.0818. The molecule has 128 valence electrons. The van der Waals surface area contributed by atoms with Crippen molar-refractivity contribution in [3.05, 3.63) is 66.2 Å². The van der Waals surface area contributed by atoms with Gasteiger partial charge in [-0.15, -0.1) is 0 Å². The molecular weight excluding hydrogens is 298 g/mol. The van der Waals surface area contributed by atoms with Crippen molar-refractivity contribution in [2.45, 2.75) is 25.8 Å². The molecular formula is C20H27N3O. The number of carbonyl (C=O) groups is 1. The van der Waals surface area contributed by atoms with Gasteiger partial charge >= 0.3 is 0 Å². The SMILES string of the molecule is CCN(CCCNC(=O)C(N)Cc1ccccc1)c1ccccc1. The van der Waals surface area contributed by atoms with Crippen LogP contribution in [-0.4, -0.2) is 31.6 Å². The van der Waals surface area contributed by atoms with Crippen LogP contribution in [0.15, 0.2) is 60.7 Å². The number of nitrogens with two attached hydrogens (primary N) is 1. The van der Waals surface area contributed by atoms with Crippen molar-refractivity contribution in [1.82, 2.24) is 5.32 Å². The van der Waals surface area contributed by atoms with E-state index in [4.69, 9.17) is 5.73 Å². The lowest BCUT2D eigenvalue weighted by atomic mass is 10.1. The van der Waals surface area contributed by atoms with Gasteiger partial charge in [-0.2, -0.15) is 0 Å². The summed E-state index contributed by atoms with van der Waals surface area (Å²) in [7, 11) is 0. The van der Waals surface area contributed by atoms with Gasteiger partial charge in [0.15, 0.2) is 0 Å². The van der Waals surface area contributed by atoms with Gasteiger partial charge in [0.05, 0.1) is 6.04 Å². The number of rotatable bonds is 9. The maximum atomic E-state index is 12.1. The van der Waals surface area contributed by atoms with Crippen molar-refractivity contribution in [2.24, 2.45) is 5.73 Å². The fourth-order valence-corrected chi connectivity index (χ4v) is 2.68. The van der Waals surface area contributed by atoms with E-state index in [0.717, 1.165) is 25.1 Å². The Bertz CT molecular complexity index is 601. The second-order valence-electron chi connectivity index (χ2n) is 5.86. The van der Waals surface area contributed by atoms with Crippen LogP contribution in [0.3, 0.4) is 0 Å². The molecule has 2 aromatic carbocycles. The first-order chi connectivity index (χ1) is 11.7. The fourth-order valence-electron chi connectivity index (χ4n) is 2.68. The van der Waals surface area contributed by atoms with Crippen LogP contribution in [0.5, 0.6) is 0 Å². The van der Waals surface area contributed by atoms with Gasteiger partial charge in [0.1, 0.15) is 0 Å². The monoisotopic (exact) mass is 325 g/mol. The molecule has 24 heavy (non-hydrogen) atoms. The largest absolute Gasteiger partial charge is 0.372 e. The Balaban J connectivity index is 1.70. The number of para-hydroxylation sites is 1. The first-order valence-electron chi connectivity index (χ1n) is 8.58. The molecule has 2 aromatic rings. The highest BCUT2D eigenvalue weighted by atomic mass is 16.2. The van der Waals surface area contributed by atoms with Crippen LogP contribution in [0.4, 0.5) is 5.69 Å². The molecule has 0 aliphatic heterocycles. The van der Waals surface area contributed by atoms with Crippen LogP contribution in [-0.2, 0) is 11.2 Å². The Labute approximate surface area is 144 Å². The quantitative estimate of drug-likeness (QED) is 0.697. The molecule has 0 aliphatic rings. The lowest BCUT2D eigenvalue weighted by molar-refractivity contribution is -0.122. The third kappa shape index (κ3) is 5.70. The average Bonchev–Trinajstić information content (AvgIpc) is 2.63. The van der Waals surface area contributed by atoms with Gasteiger partial charge in [-0.25, -0.2) is 0 Å². The second-order valence-corrected chi connectivity index (χ2v) is 5.86. The molecule has 0 fully saturated rings. The van der Waals surface area contributed by atoms with E-state index in [1.807, 2.05) is 48.5 Å². The summed E-state index contributed by atoms with van der Waals surface area (Å²) in [4.78, 5) is 14.4. The van der Waals surface area contributed by atoms with Crippen LogP contribution in [0, 0.1) is 0 Å². The highest BCUT2D eigenvalue weighted by Gasteiger charge is 2.13. The molecule has 0 saturated heterocycles. The first-order valence-corrected chi connectivity index (χ1v) is 8.58. The van der Waals surface area contributed by atoms with Gasteiger partial charge in [0, 0.05) is 25.3 Å². The number of anilines is 1. The van der Waals surface area contributed by atoms with E-state index in [2.05, 4.69) is 29.3 Å². The lowest BCUT2D eigenvalue weighted by Crippen LogP contribution is -2.42. The van der Waals surface area contributed by atoms with Crippen molar-refractivity contribution in [1.29, 1.82) is 0 Å². The fraction of sp³-hybridized carbons (Fsp3) is 0.350. The van der Waals surface area contributed by atoms with Gasteiger partial charge < -0.3 is 16.0 Å². The Morgan fingerprint density at radius 3 is 2.33 bits per heavy atom. The van der Waals surface area contributed by atoms with Crippen LogP contribution < -0.4 is 16.0 Å². The first kappa shape index (κ1) is 18.0. The summed E-state index contributed by atoms with van der Waals surface area (Å²) in [5, 5.41) is 2.94. The highest BCUT2D eigenvalue weighted by Crippen LogP contribution is 2.12. The number of nitrogens with zero attached hydrogens (tertiary/aromatic N) is 1. The molecule has 0 spiro atoms. The second kappa shape index (κ2) is 9.73. The molecule has 4 nitrogen and oxygen atoms in total. The van der Waals surface area contributed by atoms with Crippen LogP contribution in [0.25, 0.3) is 0 Å². The molecule has 0 aromatic heterocycles. The third-order valence-corrected chi connectivity index (χ3v) is 4.04. The summed E-state index contributed by atoms with van der Waals surface area (Å²) in [5.41, 5.74) is 8.29. The number of hydrogen-bond acceptors (Lipinski definition) is 3. The summed E-state index contributed by atoms with van der Waals surface area (Å²) in [6.45, 7) is 4.65. The van der Waals surface area contributed by atoms with E-state index in [1.54, 1.807) is 0 Å². The predicted octanol–water partition coefficient (Wildman–Crippen LogP) is 2.59. The standard InChI is InChI=1S/C20H27N3O/c1-2-23(18-12-7-4-8-13-18)15-9-14-22-20(24)19(21)16-17-10-5-3-6-11-17/h3-8,10-13,19H,2,9,14-16,21H2,1H3,(H,22,24). The zero-order valence-electron chi connectivity index (χ0n) is 14.3. The summed E-state index contributed by atoms with van der Waals surface area (Å²) in [6, 6.07) is 19.7. The van der Waals surface area contributed by atoms with E-state index >= 15 is 0 Å². The van der Waals surface area contributed by atoms with Crippen molar-refractivity contribution >= 4 is 11.6 Å². The minimum atomic E-state index is -0.496. The number of benzene rings is 2. The molecule has 0 aliphatic carbocycles. The molecule has 0 radical (unpaired) electrons. The van der Waals surface area contributed by atoms with E-state index in [1.165, 1.54) is 5.69 Å². The van der Waals surface area contributed by atoms with Gasteiger partial charge in [0.2, 0.25) is 5.91 Å². The number of nitrogens with one attached hydrogen (secondary N) is 1. The van der Waals surface area contributed by atoms with Gasteiger partial charge in [-0.1, -0.05) is 48.5 Å². The molecule has 1 amide bonds. The summed E-state index contributed by atoms with van der Waals surface area (Å²) in [6.07, 6.45) is 1.46. The van der Waals surface area contributed by atoms with E-state index in [9.17, 15) is 4.79 Å². The lowest BCUT2D eigenvalue weighted by Gasteiger charge is -2.23. The van der Waals surface area contributed by atoms with Gasteiger partial charge in [-0.3, -0.25) is 4.79 Å². The topological polar surface area (TPSA) is 58.4 Å². The molecule has 0 saturated carbocycles. The van der Waals surface area contributed by atoms with E-state index < -0.39 is 6.04 Å². The number of amides is 1. The normalized spacial score (nSPS) is 11.8. The number of carbonyl (C=O) groups excluding carboxylic acids is 1. The summed E-state index contributed by atoms with van der Waals surface area (Å²) in [5.74, 6) is -0.0818. The van der Waals surface area contributed by atoms with E-state index in [-0.39, 0.29) is 5.91 Å². The molecule has 0 bridgehead atoms. The van der Waals surface area contributed by atoms with Crippen molar-refractivity contribution in [3.8, 4) is 0 Å². The Morgan fingerprint density at radius 1 is 1.08 bits per heavy atom. The highest BCUT2D eigenvalue weighted by molar-refractivity contribution is 5.81. The van der Waals surface area contributed by atoms with Crippen molar-refractivity contribution in [2.75, 3.05) is 24.5 Å². The van der Waals surface area contributed by atoms with Crippen molar-refractivity contribution < 1.29 is 4.79 Å². The van der Waals surface area contributed by atoms with Crippen LogP contribution in [0.2, 0.25) is 0 Å². The minimum Gasteiger partial charge on any atom is -0.372 e. The molecule has 1 unspecified atom stereocenters. The van der Waals surface area contributed by atoms with Gasteiger partial charge in [-0.05, 0) is 37.5 Å². The maximum absolute atomic E-state index is 12.1. The van der Waals surface area contributed by atoms with Gasteiger partial charge in [0.25, 0.3) is 0 Å². The van der Waals surface area contributed by atoms with Crippen LogP contribution in [0.1, 0.15) is 18.9 Å². The Morgan fingerprint density at radius 2 is 1.71 bits per heavy atom. The van der Waals surface area contributed by atoms with E-state index in [0.29, 0.717) is 13.0 Å². The Hall–Kier alpha value is -2.33. The molecule has 1 atom stereocenters. The molecule has 3 N–H and O–H groups in total. The summed E-state index contributed by atoms with van der Waals surface area (Å²) >= 11 is 0. The Kier molecular flexibility index (Phi) is 7.30. The zero-order chi connectivity index (χ0) is 17.2. The van der Waals surface area contributed by atoms with Crippen LogP contribution >= 0.6 is 0 Å².